The maximum Gasteiger partial charge on any atom is 0.352 e. The lowest BCUT2D eigenvalue weighted by atomic mass is 9.94. The van der Waals surface area contributed by atoms with Gasteiger partial charge in [-0.05, 0) is 73.9 Å². The lowest BCUT2D eigenvalue weighted by molar-refractivity contribution is 0.0684. The van der Waals surface area contributed by atoms with E-state index in [9.17, 15) is 9.90 Å². The highest BCUT2D eigenvalue weighted by Crippen LogP contribution is 2.44. The van der Waals surface area contributed by atoms with Crippen LogP contribution < -0.4 is 4.74 Å². The highest BCUT2D eigenvalue weighted by Gasteiger charge is 2.29. The number of nitrogens with zero attached hydrogens (tertiary/aromatic N) is 5. The number of benzene rings is 3. The number of halogens is 1. The molecule has 2 aliphatic heterocycles. The van der Waals surface area contributed by atoms with E-state index in [1.165, 1.54) is 11.4 Å². The maximum atomic E-state index is 12.8. The van der Waals surface area contributed by atoms with E-state index >= 15 is 0 Å². The Balaban J connectivity index is 1.27. The molecule has 0 radical (unpaired) electrons. The van der Waals surface area contributed by atoms with Crippen LogP contribution in [0.15, 0.2) is 59.5 Å². The molecule has 1 N–H and O–H groups in total. The molecule has 0 unspecified atom stereocenters. The van der Waals surface area contributed by atoms with Crippen molar-refractivity contribution in [2.75, 3.05) is 6.61 Å². The maximum absolute atomic E-state index is 12.8. The molecule has 6 aromatic rings. The number of fused-ring (bicyclic) bond motifs is 10. The minimum absolute atomic E-state index is 0.294. The smallest absolute Gasteiger partial charge is 0.352 e. The van der Waals surface area contributed by atoms with Gasteiger partial charge in [-0.15, -0.1) is 23.5 Å². The first-order valence-electron chi connectivity index (χ1n) is 16.4. The van der Waals surface area contributed by atoms with Crippen LogP contribution in [0.25, 0.3) is 32.8 Å². The van der Waals surface area contributed by atoms with Crippen molar-refractivity contribution in [2.24, 2.45) is 7.05 Å². The van der Waals surface area contributed by atoms with E-state index < -0.39 is 5.97 Å². The molecule has 3 aromatic heterocycles. The van der Waals surface area contributed by atoms with E-state index in [0.29, 0.717) is 36.0 Å². The van der Waals surface area contributed by atoms with Gasteiger partial charge in [-0.2, -0.15) is 10.2 Å². The highest BCUT2D eigenvalue weighted by molar-refractivity contribution is 7.98. The number of thioether (sulfide) groups is 2. The molecule has 0 amide bonds. The average Bonchev–Trinajstić information content (AvgIpc) is 3.72. The molecule has 0 spiro atoms. The van der Waals surface area contributed by atoms with Crippen LogP contribution in [0.1, 0.15) is 58.1 Å². The Kier molecular flexibility index (Phi) is 8.42. The van der Waals surface area contributed by atoms with Gasteiger partial charge in [0, 0.05) is 86.1 Å². The minimum atomic E-state index is -0.945. The topological polar surface area (TPSA) is 87.1 Å². The SMILES string of the molecule is Cc1c(C(=O)O)n2c3ccc(Cl)c(c13)-c1c(nn3c1CCCC3)CSCc1cc(n(C)n1)CSc1cc(c3ccccc3c1)OCCC2. The average molecular weight is 698 g/mol. The highest BCUT2D eigenvalue weighted by atomic mass is 35.5. The number of carboxylic acids is 1. The molecule has 8 nitrogen and oxygen atoms in total. The molecule has 3 aromatic carbocycles. The van der Waals surface area contributed by atoms with Crippen LogP contribution in [0.2, 0.25) is 5.02 Å². The van der Waals surface area contributed by atoms with Crippen molar-refractivity contribution in [3.63, 3.8) is 0 Å². The van der Waals surface area contributed by atoms with Crippen molar-refractivity contribution in [1.29, 1.82) is 0 Å². The Morgan fingerprint density at radius 1 is 0.979 bits per heavy atom. The van der Waals surface area contributed by atoms with Crippen LogP contribution in [0.3, 0.4) is 0 Å². The van der Waals surface area contributed by atoms with Crippen LogP contribution in [0, 0.1) is 6.92 Å². The van der Waals surface area contributed by atoms with Gasteiger partial charge in [-0.1, -0.05) is 35.9 Å². The summed E-state index contributed by atoms with van der Waals surface area (Å²) < 4.78 is 12.5. The van der Waals surface area contributed by atoms with Crippen LogP contribution in [-0.2, 0) is 43.8 Å². The van der Waals surface area contributed by atoms with Crippen molar-refractivity contribution in [3.05, 3.63) is 93.7 Å². The zero-order valence-corrected chi connectivity index (χ0v) is 29.4. The van der Waals surface area contributed by atoms with E-state index in [-0.39, 0.29) is 0 Å². The third kappa shape index (κ3) is 5.57. The van der Waals surface area contributed by atoms with E-state index in [2.05, 4.69) is 35.0 Å². The second-order valence-corrected chi connectivity index (χ2v) is 15.0. The molecule has 246 valence electrons. The van der Waals surface area contributed by atoms with Gasteiger partial charge in [0.15, 0.2) is 0 Å². The molecule has 0 saturated carbocycles. The summed E-state index contributed by atoms with van der Waals surface area (Å²) >= 11 is 10.7. The summed E-state index contributed by atoms with van der Waals surface area (Å²) in [5, 5.41) is 24.2. The summed E-state index contributed by atoms with van der Waals surface area (Å²) in [7, 11) is 2.02. The molecule has 48 heavy (non-hydrogen) atoms. The largest absolute Gasteiger partial charge is 0.493 e. The number of hydrogen-bond acceptors (Lipinski definition) is 6. The van der Waals surface area contributed by atoms with Crippen LogP contribution in [-0.4, -0.2) is 41.8 Å². The zero-order chi connectivity index (χ0) is 32.9. The van der Waals surface area contributed by atoms with Gasteiger partial charge in [0.1, 0.15) is 11.4 Å². The fourth-order valence-electron chi connectivity index (χ4n) is 7.34. The Bertz CT molecular complexity index is 2220. The molecule has 0 aliphatic carbocycles. The van der Waals surface area contributed by atoms with Crippen LogP contribution in [0.4, 0.5) is 0 Å². The monoisotopic (exact) mass is 697 g/mol. The van der Waals surface area contributed by atoms with Gasteiger partial charge in [-0.25, -0.2) is 4.79 Å². The lowest BCUT2D eigenvalue weighted by Gasteiger charge is -2.16. The third-order valence-electron chi connectivity index (χ3n) is 9.52. The number of aryl methyl sites for hydroxylation is 4. The standard InChI is InChI=1S/C37H36ClN5O3S2/c1-22-33-30-12-11-28(38)34(33)35-29(40-43-14-6-5-10-31(35)43)21-47-19-24-17-25(41(2)39-24)20-48-26-16-23-8-3-4-9-27(23)32(18-26)46-15-7-13-42(30)36(22)37(44)45/h3-4,8-9,11-12,16-18H,5-7,10,13-15,19-21H2,1-2H3,(H,44,45). The first-order chi connectivity index (χ1) is 23.4. The summed E-state index contributed by atoms with van der Waals surface area (Å²) in [6, 6.07) is 18.7. The number of rotatable bonds is 1. The van der Waals surface area contributed by atoms with E-state index in [1.807, 2.05) is 47.5 Å². The molecule has 0 fully saturated rings. The molecule has 5 heterocycles. The Morgan fingerprint density at radius 2 is 1.85 bits per heavy atom. The van der Waals surface area contributed by atoms with Gasteiger partial charge in [-0.3, -0.25) is 9.36 Å². The van der Waals surface area contributed by atoms with Crippen molar-refractivity contribution < 1.29 is 14.6 Å². The zero-order valence-electron chi connectivity index (χ0n) is 27.0. The van der Waals surface area contributed by atoms with E-state index in [4.69, 9.17) is 26.5 Å². The predicted molar refractivity (Wildman–Crippen MR) is 195 cm³/mol. The molecule has 11 heteroatoms. The molecule has 8 rings (SSSR count). The van der Waals surface area contributed by atoms with E-state index in [0.717, 1.165) is 97.7 Å². The molecule has 0 atom stereocenters. The number of hydrogen-bond donors (Lipinski definition) is 1. The summed E-state index contributed by atoms with van der Waals surface area (Å²) in [5.74, 6) is 2.14. The number of carbonyl (C=O) groups is 1. The summed E-state index contributed by atoms with van der Waals surface area (Å²) in [6.45, 7) is 3.73. The third-order valence-corrected chi connectivity index (χ3v) is 11.8. The van der Waals surface area contributed by atoms with Crippen molar-refractivity contribution in [1.82, 2.24) is 24.1 Å². The molecule has 0 saturated heterocycles. The minimum Gasteiger partial charge on any atom is -0.493 e. The second-order valence-electron chi connectivity index (χ2n) is 12.6. The fourth-order valence-corrected chi connectivity index (χ4v) is 9.43. The van der Waals surface area contributed by atoms with Gasteiger partial charge < -0.3 is 14.4 Å². The number of ether oxygens (including phenoxy) is 1. The van der Waals surface area contributed by atoms with Gasteiger partial charge in [0.2, 0.25) is 0 Å². The van der Waals surface area contributed by atoms with Gasteiger partial charge in [0.05, 0.1) is 18.0 Å². The van der Waals surface area contributed by atoms with Gasteiger partial charge in [0.25, 0.3) is 0 Å². The summed E-state index contributed by atoms with van der Waals surface area (Å²) in [4.78, 5) is 14.0. The molecular formula is C37H36ClN5O3S2. The van der Waals surface area contributed by atoms with Crippen molar-refractivity contribution >= 4 is 62.8 Å². The van der Waals surface area contributed by atoms with Crippen molar-refractivity contribution in [2.45, 2.75) is 67.9 Å². The number of carboxylic acid groups (broad SMARTS) is 1. The number of aromatic carboxylic acids is 1. The fraction of sp³-hybridized carbons (Fsp3) is 0.324. The van der Waals surface area contributed by atoms with E-state index in [1.54, 1.807) is 23.5 Å². The second kappa shape index (κ2) is 12.9. The molecular weight excluding hydrogens is 662 g/mol. The Morgan fingerprint density at radius 3 is 2.73 bits per heavy atom. The Labute approximate surface area is 292 Å². The van der Waals surface area contributed by atoms with Crippen LogP contribution in [0.5, 0.6) is 5.75 Å². The molecule has 8 bridgehead atoms. The Hall–Kier alpha value is -3.86. The summed E-state index contributed by atoms with van der Waals surface area (Å²) in [5.41, 5.74) is 8.24. The predicted octanol–water partition coefficient (Wildman–Crippen LogP) is 8.90. The first-order valence-corrected chi connectivity index (χ1v) is 18.9. The normalized spacial score (nSPS) is 15.6. The number of aromatic nitrogens is 5. The summed E-state index contributed by atoms with van der Waals surface area (Å²) in [6.07, 6.45) is 3.73. The lowest BCUT2D eigenvalue weighted by Crippen LogP contribution is -2.12. The quantitative estimate of drug-likeness (QED) is 0.184. The van der Waals surface area contributed by atoms with Gasteiger partial charge >= 0.3 is 5.97 Å². The van der Waals surface area contributed by atoms with Crippen LogP contribution >= 0.6 is 35.1 Å². The first kappa shape index (κ1) is 31.4. The molecule has 2 aliphatic rings. The van der Waals surface area contributed by atoms with Crippen molar-refractivity contribution in [3.8, 4) is 16.9 Å².